The lowest BCUT2D eigenvalue weighted by Gasteiger charge is -2.30. The highest BCUT2D eigenvalue weighted by molar-refractivity contribution is 5.81. The van der Waals surface area contributed by atoms with Crippen molar-refractivity contribution in [3.05, 3.63) is 71.8 Å². The highest BCUT2D eigenvalue weighted by Gasteiger charge is 2.36. The molecular formula is C18H21NO2. The van der Waals surface area contributed by atoms with Gasteiger partial charge in [-0.15, -0.1) is 0 Å². The molecule has 1 unspecified atom stereocenters. The van der Waals surface area contributed by atoms with Crippen LogP contribution >= 0.6 is 0 Å². The zero-order valence-electron chi connectivity index (χ0n) is 12.5. The van der Waals surface area contributed by atoms with E-state index in [9.17, 15) is 9.90 Å². The first-order valence-electron chi connectivity index (χ1n) is 7.04. The van der Waals surface area contributed by atoms with Crippen LogP contribution in [0, 0.1) is 0 Å². The van der Waals surface area contributed by atoms with E-state index in [-0.39, 0.29) is 0 Å². The number of likely N-dealkylation sites (N-methyl/N-ethyl adjacent to an activating group) is 1. The second-order valence-corrected chi connectivity index (χ2v) is 5.66. The zero-order chi connectivity index (χ0) is 15.3. The van der Waals surface area contributed by atoms with Gasteiger partial charge in [-0.2, -0.15) is 0 Å². The summed E-state index contributed by atoms with van der Waals surface area (Å²) in [5.74, 6) is -0.798. The third-order valence-electron chi connectivity index (χ3n) is 3.76. The van der Waals surface area contributed by atoms with Crippen molar-refractivity contribution in [3.63, 3.8) is 0 Å². The zero-order valence-corrected chi connectivity index (χ0v) is 12.5. The highest BCUT2D eigenvalue weighted by atomic mass is 16.4. The Balaban J connectivity index is 2.15. The Kier molecular flexibility index (Phi) is 4.76. The van der Waals surface area contributed by atoms with Gasteiger partial charge in [0, 0.05) is 13.1 Å². The highest BCUT2D eigenvalue weighted by Crippen LogP contribution is 2.25. The van der Waals surface area contributed by atoms with Crippen LogP contribution in [-0.4, -0.2) is 29.6 Å². The lowest BCUT2D eigenvalue weighted by atomic mass is 9.82. The van der Waals surface area contributed by atoms with Gasteiger partial charge in [0.15, 0.2) is 0 Å². The van der Waals surface area contributed by atoms with Gasteiger partial charge in [0.1, 0.15) is 5.41 Å². The molecule has 110 valence electrons. The first-order chi connectivity index (χ1) is 10.0. The van der Waals surface area contributed by atoms with Gasteiger partial charge in [-0.3, -0.25) is 4.79 Å². The minimum Gasteiger partial charge on any atom is -0.481 e. The molecular weight excluding hydrogens is 262 g/mol. The molecule has 0 fully saturated rings. The van der Waals surface area contributed by atoms with Gasteiger partial charge in [0.05, 0.1) is 0 Å². The van der Waals surface area contributed by atoms with Crippen LogP contribution in [-0.2, 0) is 16.8 Å². The number of aliphatic carboxylic acids is 1. The molecule has 0 radical (unpaired) electrons. The average molecular weight is 283 g/mol. The van der Waals surface area contributed by atoms with E-state index in [4.69, 9.17) is 0 Å². The second kappa shape index (κ2) is 6.55. The summed E-state index contributed by atoms with van der Waals surface area (Å²) in [5, 5.41) is 9.67. The summed E-state index contributed by atoms with van der Waals surface area (Å²) in [7, 11) is 1.96. The Morgan fingerprint density at radius 3 is 2.10 bits per heavy atom. The molecule has 1 N–H and O–H groups in total. The molecule has 0 saturated heterocycles. The van der Waals surface area contributed by atoms with Crippen LogP contribution in [0.3, 0.4) is 0 Å². The summed E-state index contributed by atoms with van der Waals surface area (Å²) in [5.41, 5.74) is 1.10. The minimum absolute atomic E-state index is 0.460. The fraction of sp³-hybridized carbons (Fsp3) is 0.278. The monoisotopic (exact) mass is 283 g/mol. The summed E-state index contributed by atoms with van der Waals surface area (Å²) in [6.07, 6.45) is 0. The first-order valence-corrected chi connectivity index (χ1v) is 7.04. The summed E-state index contributed by atoms with van der Waals surface area (Å²) in [6, 6.07) is 19.5. The SMILES string of the molecule is CN(Cc1ccccc1)CC(C)(C(=O)O)c1ccccc1. The molecule has 2 rings (SSSR count). The number of hydrogen-bond acceptors (Lipinski definition) is 2. The number of carbonyl (C=O) groups is 1. The summed E-state index contributed by atoms with van der Waals surface area (Å²) < 4.78 is 0. The Morgan fingerprint density at radius 2 is 1.57 bits per heavy atom. The van der Waals surface area contributed by atoms with Crippen LogP contribution in [0.25, 0.3) is 0 Å². The maximum atomic E-state index is 11.8. The van der Waals surface area contributed by atoms with Crippen molar-refractivity contribution in [2.75, 3.05) is 13.6 Å². The van der Waals surface area contributed by atoms with E-state index in [0.29, 0.717) is 6.54 Å². The largest absolute Gasteiger partial charge is 0.481 e. The van der Waals surface area contributed by atoms with E-state index in [1.807, 2.05) is 55.6 Å². The molecule has 2 aromatic carbocycles. The Morgan fingerprint density at radius 1 is 1.05 bits per heavy atom. The number of hydrogen-bond donors (Lipinski definition) is 1. The van der Waals surface area contributed by atoms with Crippen molar-refractivity contribution in [1.29, 1.82) is 0 Å². The number of carboxylic acid groups (broad SMARTS) is 1. The van der Waals surface area contributed by atoms with E-state index in [1.165, 1.54) is 5.56 Å². The van der Waals surface area contributed by atoms with Crippen LogP contribution in [0.15, 0.2) is 60.7 Å². The number of nitrogens with zero attached hydrogens (tertiary/aromatic N) is 1. The normalized spacial score (nSPS) is 13.9. The smallest absolute Gasteiger partial charge is 0.315 e. The number of benzene rings is 2. The number of rotatable bonds is 6. The van der Waals surface area contributed by atoms with Gasteiger partial charge in [0.25, 0.3) is 0 Å². The molecule has 0 aliphatic carbocycles. The standard InChI is InChI=1S/C18H21NO2/c1-18(17(20)21,16-11-7-4-8-12-16)14-19(2)13-15-9-5-3-6-10-15/h3-12H,13-14H2,1-2H3,(H,20,21). The van der Waals surface area contributed by atoms with Crippen molar-refractivity contribution in [1.82, 2.24) is 4.90 Å². The summed E-state index contributed by atoms with van der Waals surface area (Å²) in [6.45, 7) is 2.98. The third-order valence-corrected chi connectivity index (χ3v) is 3.76. The topological polar surface area (TPSA) is 40.5 Å². The Bertz CT molecular complexity index is 583. The van der Waals surface area contributed by atoms with Crippen molar-refractivity contribution in [2.45, 2.75) is 18.9 Å². The minimum atomic E-state index is -0.912. The fourth-order valence-corrected chi connectivity index (χ4v) is 2.58. The van der Waals surface area contributed by atoms with Crippen molar-refractivity contribution in [2.24, 2.45) is 0 Å². The molecule has 0 heterocycles. The first kappa shape index (κ1) is 15.3. The van der Waals surface area contributed by atoms with Crippen molar-refractivity contribution < 1.29 is 9.90 Å². The molecule has 0 spiro atoms. The molecule has 0 aliphatic heterocycles. The quantitative estimate of drug-likeness (QED) is 0.885. The van der Waals surface area contributed by atoms with Crippen LogP contribution < -0.4 is 0 Å². The average Bonchev–Trinajstić information content (AvgIpc) is 2.48. The van der Waals surface area contributed by atoms with E-state index < -0.39 is 11.4 Å². The maximum Gasteiger partial charge on any atom is 0.315 e. The van der Waals surface area contributed by atoms with E-state index >= 15 is 0 Å². The van der Waals surface area contributed by atoms with Crippen LogP contribution in [0.2, 0.25) is 0 Å². The Labute approximate surface area is 125 Å². The lowest BCUT2D eigenvalue weighted by Crippen LogP contribution is -2.43. The van der Waals surface area contributed by atoms with Gasteiger partial charge in [0.2, 0.25) is 0 Å². The van der Waals surface area contributed by atoms with Gasteiger partial charge < -0.3 is 10.0 Å². The van der Waals surface area contributed by atoms with Crippen LogP contribution in [0.5, 0.6) is 0 Å². The predicted molar refractivity (Wildman–Crippen MR) is 84.2 cm³/mol. The van der Waals surface area contributed by atoms with Gasteiger partial charge >= 0.3 is 5.97 Å². The molecule has 1 atom stereocenters. The molecule has 3 nitrogen and oxygen atoms in total. The third kappa shape index (κ3) is 3.70. The van der Waals surface area contributed by atoms with E-state index in [1.54, 1.807) is 6.92 Å². The van der Waals surface area contributed by atoms with Gasteiger partial charge in [-0.25, -0.2) is 0 Å². The molecule has 0 amide bonds. The summed E-state index contributed by atoms with van der Waals surface area (Å²) in [4.78, 5) is 13.8. The number of carboxylic acids is 1. The summed E-state index contributed by atoms with van der Waals surface area (Å²) >= 11 is 0. The molecule has 0 aromatic heterocycles. The van der Waals surface area contributed by atoms with Crippen molar-refractivity contribution >= 4 is 5.97 Å². The van der Waals surface area contributed by atoms with Crippen LogP contribution in [0.4, 0.5) is 0 Å². The molecule has 3 heteroatoms. The van der Waals surface area contributed by atoms with Crippen molar-refractivity contribution in [3.8, 4) is 0 Å². The van der Waals surface area contributed by atoms with Gasteiger partial charge in [-0.05, 0) is 25.1 Å². The molecule has 0 saturated carbocycles. The predicted octanol–water partition coefficient (Wildman–Crippen LogP) is 3.16. The maximum absolute atomic E-state index is 11.8. The van der Waals surface area contributed by atoms with Gasteiger partial charge in [-0.1, -0.05) is 60.7 Å². The lowest BCUT2D eigenvalue weighted by molar-refractivity contribution is -0.144. The van der Waals surface area contributed by atoms with Crippen LogP contribution in [0.1, 0.15) is 18.1 Å². The molecule has 0 aliphatic rings. The second-order valence-electron chi connectivity index (χ2n) is 5.66. The molecule has 0 bridgehead atoms. The fourth-order valence-electron chi connectivity index (χ4n) is 2.58. The molecule has 21 heavy (non-hydrogen) atoms. The van der Waals surface area contributed by atoms with E-state index in [0.717, 1.165) is 12.1 Å². The Hall–Kier alpha value is -2.13. The molecule has 2 aromatic rings. The van der Waals surface area contributed by atoms with E-state index in [2.05, 4.69) is 17.0 Å².